The lowest BCUT2D eigenvalue weighted by atomic mass is 9.84. The maximum absolute atomic E-state index is 14.5. The van der Waals surface area contributed by atoms with Crippen LogP contribution in [0.5, 0.6) is 0 Å². The van der Waals surface area contributed by atoms with E-state index in [2.05, 4.69) is 41.8 Å². The molecule has 236 valence electrons. The van der Waals surface area contributed by atoms with Crippen molar-refractivity contribution in [3.05, 3.63) is 162 Å². The first-order chi connectivity index (χ1) is 22.9. The van der Waals surface area contributed by atoms with Crippen molar-refractivity contribution in [3.63, 3.8) is 0 Å². The van der Waals surface area contributed by atoms with Crippen LogP contribution in [0.2, 0.25) is 0 Å². The van der Waals surface area contributed by atoms with E-state index in [1.165, 1.54) is 10.5 Å². The summed E-state index contributed by atoms with van der Waals surface area (Å²) in [5, 5.41) is 2.56. The molecular formula is C38H33N3O4S2. The van der Waals surface area contributed by atoms with Crippen molar-refractivity contribution in [3.8, 4) is 0 Å². The number of rotatable bonds is 8. The molecule has 2 aliphatic heterocycles. The summed E-state index contributed by atoms with van der Waals surface area (Å²) in [6.07, 6.45) is 3.52. The van der Waals surface area contributed by atoms with Crippen LogP contribution in [0.15, 0.2) is 151 Å². The Labute approximate surface area is 278 Å². The summed E-state index contributed by atoms with van der Waals surface area (Å²) in [6.45, 7) is 0.107. The van der Waals surface area contributed by atoms with Crippen molar-refractivity contribution >= 4 is 44.4 Å². The molecule has 0 spiro atoms. The highest BCUT2D eigenvalue weighted by atomic mass is 32.2. The third kappa shape index (κ3) is 5.86. The quantitative estimate of drug-likeness (QED) is 0.193. The number of nitrogens with one attached hydrogen (secondary N) is 1. The molecule has 1 fully saturated rings. The average Bonchev–Trinajstić information content (AvgIpc) is 3.56. The standard InChI is InChI=1S/C38H33N3O4S2/c42-36-21-12-24-40(39-36)37(43)35-26-33(27-41(35)47(44,45)34-23-22-28-13-10-11-14-29(28)25-34)46-38(30-15-4-1-5-16-30,31-17-6-2-7-18-31)32-19-8-3-9-20-32/h1-20,22-25,33,35H,21,26-27H2,(H,39,42). The van der Waals surface area contributed by atoms with Crippen LogP contribution in [0.1, 0.15) is 29.5 Å². The van der Waals surface area contributed by atoms with Crippen LogP contribution >= 0.6 is 11.8 Å². The van der Waals surface area contributed by atoms with Crippen molar-refractivity contribution in [2.24, 2.45) is 0 Å². The number of nitrogens with zero attached hydrogens (tertiary/aromatic N) is 2. The number of carbonyl (C=O) groups is 2. The molecule has 2 heterocycles. The van der Waals surface area contributed by atoms with Crippen LogP contribution in [0.3, 0.4) is 0 Å². The lowest BCUT2D eigenvalue weighted by Crippen LogP contribution is -2.52. The third-order valence-corrected chi connectivity index (χ3v) is 12.4. The van der Waals surface area contributed by atoms with E-state index in [1.807, 2.05) is 78.9 Å². The molecule has 2 unspecified atom stereocenters. The lowest BCUT2D eigenvalue weighted by Gasteiger charge is -2.37. The molecule has 2 atom stereocenters. The minimum Gasteiger partial charge on any atom is -0.273 e. The van der Waals surface area contributed by atoms with Gasteiger partial charge in [0.15, 0.2) is 0 Å². The van der Waals surface area contributed by atoms with Crippen molar-refractivity contribution in [1.29, 1.82) is 0 Å². The van der Waals surface area contributed by atoms with E-state index < -0.39 is 26.7 Å². The summed E-state index contributed by atoms with van der Waals surface area (Å²) >= 11 is 1.66. The number of hydrogen-bond acceptors (Lipinski definition) is 5. The summed E-state index contributed by atoms with van der Waals surface area (Å²) in [5.74, 6) is -0.823. The second kappa shape index (κ2) is 12.8. The van der Waals surface area contributed by atoms with Gasteiger partial charge in [0, 0.05) is 24.4 Å². The number of carbonyl (C=O) groups excluding carboxylic acids is 2. The lowest BCUT2D eigenvalue weighted by molar-refractivity contribution is -0.141. The molecule has 2 amide bonds. The molecule has 5 aromatic carbocycles. The van der Waals surface area contributed by atoms with Crippen LogP contribution in [-0.4, -0.2) is 47.4 Å². The number of hydrogen-bond donors (Lipinski definition) is 1. The van der Waals surface area contributed by atoms with Crippen LogP contribution in [0.25, 0.3) is 10.8 Å². The molecule has 2 aliphatic rings. The van der Waals surface area contributed by atoms with Crippen LogP contribution in [-0.2, 0) is 24.4 Å². The van der Waals surface area contributed by atoms with Gasteiger partial charge in [-0.25, -0.2) is 13.4 Å². The van der Waals surface area contributed by atoms with Crippen molar-refractivity contribution < 1.29 is 18.0 Å². The summed E-state index contributed by atoms with van der Waals surface area (Å²) in [5.41, 5.74) is 5.74. The molecule has 1 N–H and O–H groups in total. The zero-order valence-corrected chi connectivity index (χ0v) is 27.1. The summed E-state index contributed by atoms with van der Waals surface area (Å²) < 4.78 is 29.6. The number of thioether (sulfide) groups is 1. The van der Waals surface area contributed by atoms with Crippen LogP contribution in [0.4, 0.5) is 0 Å². The second-order valence-electron chi connectivity index (χ2n) is 11.7. The maximum Gasteiger partial charge on any atom is 0.263 e. The first-order valence-electron chi connectivity index (χ1n) is 15.5. The SMILES string of the molecule is O=C1CC=CN(C(=O)C2CC(SC(c3ccccc3)(c3ccccc3)c3ccccc3)CN2S(=O)(=O)c2ccc3ccccc3c2)N1. The Kier molecular flexibility index (Phi) is 8.44. The molecule has 7 rings (SSSR count). The number of hydrazine groups is 1. The van der Waals surface area contributed by atoms with Gasteiger partial charge >= 0.3 is 0 Å². The van der Waals surface area contributed by atoms with E-state index in [1.54, 1.807) is 36.0 Å². The minimum absolute atomic E-state index is 0.107. The topological polar surface area (TPSA) is 86.8 Å². The highest BCUT2D eigenvalue weighted by Crippen LogP contribution is 2.52. The largest absolute Gasteiger partial charge is 0.273 e. The molecule has 7 nitrogen and oxygen atoms in total. The number of sulfonamides is 1. The van der Waals surface area contributed by atoms with Gasteiger partial charge in [-0.05, 0) is 46.0 Å². The smallest absolute Gasteiger partial charge is 0.263 e. The number of benzene rings is 5. The fourth-order valence-corrected chi connectivity index (χ4v) is 10.2. The molecule has 0 aromatic heterocycles. The second-order valence-corrected chi connectivity index (χ2v) is 15.1. The molecule has 1 saturated heterocycles. The predicted molar refractivity (Wildman–Crippen MR) is 186 cm³/mol. The van der Waals surface area contributed by atoms with E-state index in [0.717, 1.165) is 32.5 Å². The third-order valence-electron chi connectivity index (χ3n) is 8.75. The molecule has 0 saturated carbocycles. The highest BCUT2D eigenvalue weighted by Gasteiger charge is 2.49. The van der Waals surface area contributed by atoms with E-state index in [-0.39, 0.29) is 35.4 Å². The number of fused-ring (bicyclic) bond motifs is 1. The Bertz CT molecular complexity index is 1960. The van der Waals surface area contributed by atoms with E-state index in [9.17, 15) is 18.0 Å². The fourth-order valence-electron chi connectivity index (χ4n) is 6.55. The zero-order valence-electron chi connectivity index (χ0n) is 25.5. The Balaban J connectivity index is 1.33. The normalized spacial score (nSPS) is 18.7. The maximum atomic E-state index is 14.5. The minimum atomic E-state index is -4.12. The van der Waals surface area contributed by atoms with Gasteiger partial charge in [0.2, 0.25) is 15.9 Å². The Morgan fingerprint density at radius 3 is 1.87 bits per heavy atom. The van der Waals surface area contributed by atoms with Gasteiger partial charge in [0.25, 0.3) is 5.91 Å². The predicted octanol–water partition coefficient (Wildman–Crippen LogP) is 6.47. The van der Waals surface area contributed by atoms with E-state index in [0.29, 0.717) is 0 Å². The molecule has 9 heteroatoms. The van der Waals surface area contributed by atoms with Gasteiger partial charge in [-0.15, -0.1) is 11.8 Å². The first kappa shape index (κ1) is 30.9. The molecule has 47 heavy (non-hydrogen) atoms. The van der Waals surface area contributed by atoms with E-state index >= 15 is 0 Å². The van der Waals surface area contributed by atoms with Gasteiger partial charge in [-0.1, -0.05) is 127 Å². The Hall–Kier alpha value is -4.70. The van der Waals surface area contributed by atoms with E-state index in [4.69, 9.17) is 0 Å². The van der Waals surface area contributed by atoms with Crippen molar-refractivity contribution in [2.75, 3.05) is 6.54 Å². The monoisotopic (exact) mass is 659 g/mol. The zero-order chi connectivity index (χ0) is 32.4. The van der Waals surface area contributed by atoms with Crippen molar-refractivity contribution in [2.45, 2.75) is 33.8 Å². The number of amides is 2. The molecule has 0 aliphatic carbocycles. The molecule has 0 bridgehead atoms. The van der Waals surface area contributed by atoms with Gasteiger partial charge in [0.1, 0.15) is 6.04 Å². The average molecular weight is 660 g/mol. The summed E-state index contributed by atoms with van der Waals surface area (Å²) in [6, 6.07) is 42.2. The van der Waals surface area contributed by atoms with Gasteiger partial charge in [-0.2, -0.15) is 4.31 Å². The van der Waals surface area contributed by atoms with Crippen molar-refractivity contribution in [1.82, 2.24) is 14.7 Å². The first-order valence-corrected chi connectivity index (χ1v) is 17.8. The molecular weight excluding hydrogens is 627 g/mol. The fraction of sp³-hybridized carbons (Fsp3) is 0.158. The van der Waals surface area contributed by atoms with Gasteiger partial charge < -0.3 is 0 Å². The Morgan fingerprint density at radius 2 is 1.30 bits per heavy atom. The van der Waals surface area contributed by atoms with Crippen LogP contribution < -0.4 is 5.43 Å². The van der Waals surface area contributed by atoms with Crippen LogP contribution in [0, 0.1) is 0 Å². The molecule has 5 aromatic rings. The van der Waals surface area contributed by atoms with Gasteiger partial charge in [0.05, 0.1) is 9.64 Å². The Morgan fingerprint density at radius 1 is 0.745 bits per heavy atom. The molecule has 0 radical (unpaired) electrons. The summed E-state index contributed by atoms with van der Waals surface area (Å²) in [4.78, 5) is 26.5. The highest BCUT2D eigenvalue weighted by molar-refractivity contribution is 8.01. The van der Waals surface area contributed by atoms with Gasteiger partial charge in [-0.3, -0.25) is 15.0 Å². The summed E-state index contributed by atoms with van der Waals surface area (Å²) in [7, 11) is -4.12.